The highest BCUT2D eigenvalue weighted by molar-refractivity contribution is 5.80. The third-order valence-corrected chi connectivity index (χ3v) is 4.56. The molecule has 0 amide bonds. The summed E-state index contributed by atoms with van der Waals surface area (Å²) in [6.45, 7) is 0.825. The summed E-state index contributed by atoms with van der Waals surface area (Å²) in [5, 5.41) is 13.0. The van der Waals surface area contributed by atoms with Crippen LogP contribution in [-0.4, -0.2) is 30.3 Å². The number of rotatable bonds is 5. The minimum Gasteiger partial charge on any atom is -0.497 e. The Morgan fingerprint density at radius 3 is 2.90 bits per heavy atom. The first-order valence-electron chi connectivity index (χ1n) is 7.27. The summed E-state index contributed by atoms with van der Waals surface area (Å²) in [4.78, 5) is 11.8. The van der Waals surface area contributed by atoms with Crippen molar-refractivity contribution in [2.24, 2.45) is 5.92 Å². The van der Waals surface area contributed by atoms with Crippen molar-refractivity contribution in [2.45, 2.75) is 37.6 Å². The fraction of sp³-hybridized carbons (Fsp3) is 0.562. The van der Waals surface area contributed by atoms with Crippen LogP contribution in [0, 0.1) is 5.92 Å². The van der Waals surface area contributed by atoms with Crippen LogP contribution >= 0.6 is 0 Å². The van der Waals surface area contributed by atoms with E-state index in [1.165, 1.54) is 18.4 Å². The largest absolute Gasteiger partial charge is 0.497 e. The maximum Gasteiger partial charge on any atom is 0.324 e. The molecule has 3 rings (SSSR count). The quantitative estimate of drug-likeness (QED) is 0.863. The Bertz CT molecular complexity index is 524. The van der Waals surface area contributed by atoms with Gasteiger partial charge in [0.05, 0.1) is 7.11 Å². The predicted octanol–water partition coefficient (Wildman–Crippen LogP) is 2.01. The van der Waals surface area contributed by atoms with Gasteiger partial charge in [0.15, 0.2) is 0 Å². The van der Waals surface area contributed by atoms with Gasteiger partial charge in [-0.1, -0.05) is 6.07 Å². The maximum absolute atomic E-state index is 11.8. The third-order valence-electron chi connectivity index (χ3n) is 4.56. The molecule has 1 atom stereocenters. The van der Waals surface area contributed by atoms with Crippen molar-refractivity contribution >= 4 is 5.97 Å². The second-order valence-corrected chi connectivity index (χ2v) is 6.02. The van der Waals surface area contributed by atoms with Gasteiger partial charge in [-0.2, -0.15) is 0 Å². The first-order chi connectivity index (χ1) is 9.63. The summed E-state index contributed by atoms with van der Waals surface area (Å²) in [5.41, 5.74) is 1.54. The lowest BCUT2D eigenvalue weighted by Gasteiger charge is -2.35. The molecule has 1 fully saturated rings. The van der Waals surface area contributed by atoms with Crippen molar-refractivity contribution in [3.8, 4) is 5.75 Å². The molecule has 108 valence electrons. The Morgan fingerprint density at radius 2 is 2.25 bits per heavy atom. The average Bonchev–Trinajstić information content (AvgIpc) is 3.28. The fourth-order valence-corrected chi connectivity index (χ4v) is 2.97. The molecule has 2 N–H and O–H groups in total. The molecule has 0 bridgehead atoms. The van der Waals surface area contributed by atoms with Crippen LogP contribution in [0.3, 0.4) is 0 Å². The number of aliphatic carboxylic acids is 1. The summed E-state index contributed by atoms with van der Waals surface area (Å²) >= 11 is 0. The van der Waals surface area contributed by atoms with E-state index in [1.54, 1.807) is 7.11 Å². The molecule has 2 aliphatic carbocycles. The number of nitrogens with one attached hydrogen (secondary N) is 1. The normalized spacial score (nSPS) is 25.1. The van der Waals surface area contributed by atoms with E-state index in [4.69, 9.17) is 4.74 Å². The van der Waals surface area contributed by atoms with Gasteiger partial charge in [-0.3, -0.25) is 4.79 Å². The summed E-state index contributed by atoms with van der Waals surface area (Å²) in [7, 11) is 1.64. The molecule has 4 heteroatoms. The zero-order valence-corrected chi connectivity index (χ0v) is 11.8. The van der Waals surface area contributed by atoms with Crippen LogP contribution in [0.2, 0.25) is 0 Å². The first-order valence-corrected chi connectivity index (χ1v) is 7.27. The molecule has 0 heterocycles. The minimum atomic E-state index is -0.804. The molecule has 0 radical (unpaired) electrons. The number of aryl methyl sites for hydroxylation is 1. The topological polar surface area (TPSA) is 58.6 Å². The number of benzene rings is 1. The van der Waals surface area contributed by atoms with E-state index in [2.05, 4.69) is 11.4 Å². The van der Waals surface area contributed by atoms with Crippen molar-refractivity contribution in [2.75, 3.05) is 13.7 Å². The Labute approximate surface area is 119 Å². The molecule has 0 saturated heterocycles. The van der Waals surface area contributed by atoms with Crippen LogP contribution in [0.15, 0.2) is 18.2 Å². The lowest BCUT2D eigenvalue weighted by atomic mass is 9.77. The van der Waals surface area contributed by atoms with Crippen molar-refractivity contribution in [3.63, 3.8) is 0 Å². The number of methoxy groups -OCH3 is 1. The van der Waals surface area contributed by atoms with E-state index in [1.807, 2.05) is 12.1 Å². The molecule has 1 unspecified atom stereocenters. The lowest BCUT2D eigenvalue weighted by Crippen LogP contribution is -2.56. The Morgan fingerprint density at radius 1 is 1.45 bits per heavy atom. The number of ether oxygens (including phenoxy) is 1. The average molecular weight is 275 g/mol. The zero-order valence-electron chi connectivity index (χ0n) is 11.8. The number of carboxylic acids is 1. The Hall–Kier alpha value is -1.55. The van der Waals surface area contributed by atoms with Gasteiger partial charge in [0.25, 0.3) is 0 Å². The van der Waals surface area contributed by atoms with Crippen molar-refractivity contribution < 1.29 is 14.6 Å². The molecule has 0 aromatic heterocycles. The van der Waals surface area contributed by atoms with Gasteiger partial charge in [-0.15, -0.1) is 0 Å². The van der Waals surface area contributed by atoms with E-state index in [9.17, 15) is 9.90 Å². The molecule has 4 nitrogen and oxygen atoms in total. The van der Waals surface area contributed by atoms with Gasteiger partial charge in [-0.25, -0.2) is 0 Å². The molecular formula is C16H21NO3. The van der Waals surface area contributed by atoms with Crippen LogP contribution < -0.4 is 10.1 Å². The molecule has 20 heavy (non-hydrogen) atoms. The molecule has 1 aromatic carbocycles. The zero-order chi connectivity index (χ0) is 14.2. The second-order valence-electron chi connectivity index (χ2n) is 6.02. The smallest absolute Gasteiger partial charge is 0.324 e. The summed E-state index contributed by atoms with van der Waals surface area (Å²) in [6.07, 6.45) is 4.47. The number of hydrogen-bond donors (Lipinski definition) is 2. The van der Waals surface area contributed by atoms with Crippen LogP contribution in [0.5, 0.6) is 5.75 Å². The highest BCUT2D eigenvalue weighted by atomic mass is 16.5. The third kappa shape index (κ3) is 2.52. The molecule has 0 aliphatic heterocycles. The SMILES string of the molecule is COc1ccc2c(c1)CC(NCC1CC1)(C(=O)O)CC2. The number of carboxylic acid groups (broad SMARTS) is 1. The van der Waals surface area contributed by atoms with E-state index < -0.39 is 11.5 Å². The summed E-state index contributed by atoms with van der Waals surface area (Å²) in [6, 6.07) is 5.98. The van der Waals surface area contributed by atoms with Crippen LogP contribution in [0.1, 0.15) is 30.4 Å². The number of fused-ring (bicyclic) bond motifs is 1. The Balaban J connectivity index is 1.83. The van der Waals surface area contributed by atoms with E-state index >= 15 is 0 Å². The number of carbonyl (C=O) groups is 1. The predicted molar refractivity (Wildman–Crippen MR) is 76.1 cm³/mol. The number of hydrogen-bond acceptors (Lipinski definition) is 3. The Kier molecular flexibility index (Phi) is 3.42. The first kappa shape index (κ1) is 13.4. The summed E-state index contributed by atoms with van der Waals surface area (Å²) < 4.78 is 5.25. The highest BCUT2D eigenvalue weighted by Gasteiger charge is 2.42. The highest BCUT2D eigenvalue weighted by Crippen LogP contribution is 2.33. The van der Waals surface area contributed by atoms with Gasteiger partial charge in [-0.05, 0) is 61.4 Å². The molecule has 1 aromatic rings. The van der Waals surface area contributed by atoms with Gasteiger partial charge in [0.2, 0.25) is 0 Å². The molecule has 0 spiro atoms. The minimum absolute atomic E-state index is 0.543. The van der Waals surface area contributed by atoms with Gasteiger partial charge in [0.1, 0.15) is 11.3 Å². The van der Waals surface area contributed by atoms with Crippen LogP contribution in [0.25, 0.3) is 0 Å². The van der Waals surface area contributed by atoms with E-state index in [0.717, 1.165) is 24.3 Å². The fourth-order valence-electron chi connectivity index (χ4n) is 2.97. The van der Waals surface area contributed by atoms with Crippen LogP contribution in [-0.2, 0) is 17.6 Å². The maximum atomic E-state index is 11.8. The molecular weight excluding hydrogens is 254 g/mol. The van der Waals surface area contributed by atoms with Crippen molar-refractivity contribution in [1.29, 1.82) is 0 Å². The van der Waals surface area contributed by atoms with Gasteiger partial charge in [0, 0.05) is 6.42 Å². The standard InChI is InChI=1S/C16H21NO3/c1-20-14-5-4-12-6-7-16(15(18)19,9-13(12)8-14)17-10-11-2-3-11/h4-5,8,11,17H,2-3,6-7,9-10H2,1H3,(H,18,19). The van der Waals surface area contributed by atoms with E-state index in [0.29, 0.717) is 18.8 Å². The van der Waals surface area contributed by atoms with Crippen molar-refractivity contribution in [1.82, 2.24) is 5.32 Å². The van der Waals surface area contributed by atoms with Gasteiger partial charge >= 0.3 is 5.97 Å². The molecule has 2 aliphatic rings. The van der Waals surface area contributed by atoms with E-state index in [-0.39, 0.29) is 0 Å². The van der Waals surface area contributed by atoms with Crippen LogP contribution in [0.4, 0.5) is 0 Å². The molecule has 1 saturated carbocycles. The van der Waals surface area contributed by atoms with Gasteiger partial charge < -0.3 is 15.2 Å². The second kappa shape index (κ2) is 5.09. The summed E-state index contributed by atoms with van der Waals surface area (Å²) in [5.74, 6) is 0.747. The van der Waals surface area contributed by atoms with Crippen molar-refractivity contribution in [3.05, 3.63) is 29.3 Å². The monoisotopic (exact) mass is 275 g/mol. The lowest BCUT2D eigenvalue weighted by molar-refractivity contribution is -0.145.